The molecule has 2 aliphatic rings. The molecule has 2 aliphatic heterocycles. The van der Waals surface area contributed by atoms with Gasteiger partial charge in [-0.2, -0.15) is 0 Å². The van der Waals surface area contributed by atoms with Crippen molar-refractivity contribution in [3.8, 4) is 0 Å². The molecule has 2 saturated heterocycles. The van der Waals surface area contributed by atoms with E-state index in [0.29, 0.717) is 16.3 Å². The molecule has 1 aromatic carbocycles. The van der Waals surface area contributed by atoms with E-state index < -0.39 is 21.8 Å². The lowest BCUT2D eigenvalue weighted by Gasteiger charge is -2.16. The predicted molar refractivity (Wildman–Crippen MR) is 107 cm³/mol. The van der Waals surface area contributed by atoms with Gasteiger partial charge in [-0.3, -0.25) is 14.5 Å². The Morgan fingerprint density at radius 3 is 2.88 bits per heavy atom. The van der Waals surface area contributed by atoms with Crippen molar-refractivity contribution in [1.29, 1.82) is 0 Å². The van der Waals surface area contributed by atoms with E-state index in [9.17, 15) is 18.0 Å². The van der Waals surface area contributed by atoms with Crippen molar-refractivity contribution in [1.82, 2.24) is 10.2 Å². The zero-order valence-electron chi connectivity index (χ0n) is 13.5. The molecule has 1 atom stereocenters. The van der Waals surface area contributed by atoms with Gasteiger partial charge in [0.15, 0.2) is 9.84 Å². The van der Waals surface area contributed by atoms with E-state index in [4.69, 9.17) is 23.8 Å². The average molecular weight is 431 g/mol. The number of rotatable bonds is 4. The molecule has 138 valence electrons. The number of nitrogens with zero attached hydrogens (tertiary/aromatic N) is 1. The van der Waals surface area contributed by atoms with Gasteiger partial charge in [0, 0.05) is 11.1 Å². The number of benzene rings is 1. The quantitative estimate of drug-likeness (QED) is 0.579. The molecule has 26 heavy (non-hydrogen) atoms. The molecule has 2 fully saturated rings. The summed E-state index contributed by atoms with van der Waals surface area (Å²) in [5.41, 5.74) is 0.763. The van der Waals surface area contributed by atoms with Crippen molar-refractivity contribution < 1.29 is 18.0 Å². The summed E-state index contributed by atoms with van der Waals surface area (Å²) in [5.74, 6) is -0.769. The maximum atomic E-state index is 12.5. The van der Waals surface area contributed by atoms with Crippen LogP contribution in [0.3, 0.4) is 0 Å². The normalized spacial score (nSPS) is 23.7. The number of carbonyl (C=O) groups is 2. The molecule has 0 radical (unpaired) electrons. The highest BCUT2D eigenvalue weighted by atomic mass is 35.5. The zero-order chi connectivity index (χ0) is 18.9. The molecule has 0 bridgehead atoms. The molecule has 6 nitrogen and oxygen atoms in total. The Morgan fingerprint density at radius 2 is 2.23 bits per heavy atom. The van der Waals surface area contributed by atoms with Crippen LogP contribution in [0.1, 0.15) is 12.0 Å². The number of hydrogen-bond acceptors (Lipinski definition) is 6. The third kappa shape index (κ3) is 4.64. The summed E-state index contributed by atoms with van der Waals surface area (Å²) in [4.78, 5) is 26.3. The third-order valence-corrected chi connectivity index (χ3v) is 7.30. The second-order valence-corrected chi connectivity index (χ2v) is 10.3. The van der Waals surface area contributed by atoms with Gasteiger partial charge in [-0.05, 0) is 30.2 Å². The molecule has 10 heteroatoms. The molecule has 0 aliphatic carbocycles. The van der Waals surface area contributed by atoms with E-state index in [0.717, 1.165) is 17.3 Å². The summed E-state index contributed by atoms with van der Waals surface area (Å²) in [6.07, 6.45) is 2.06. The van der Waals surface area contributed by atoms with Crippen LogP contribution in [0.15, 0.2) is 29.2 Å². The van der Waals surface area contributed by atoms with Crippen LogP contribution in [0.5, 0.6) is 0 Å². The lowest BCUT2D eigenvalue weighted by molar-refractivity contribution is -0.129. The summed E-state index contributed by atoms with van der Waals surface area (Å²) in [7, 11) is -3.08. The van der Waals surface area contributed by atoms with Crippen molar-refractivity contribution in [3.05, 3.63) is 39.8 Å². The summed E-state index contributed by atoms with van der Waals surface area (Å²) >= 11 is 12.3. The van der Waals surface area contributed by atoms with E-state index in [1.807, 2.05) is 6.07 Å². The molecule has 1 unspecified atom stereocenters. The van der Waals surface area contributed by atoms with Crippen molar-refractivity contribution in [2.24, 2.45) is 0 Å². The Morgan fingerprint density at radius 1 is 1.46 bits per heavy atom. The number of sulfone groups is 1. The first-order chi connectivity index (χ1) is 12.2. The summed E-state index contributed by atoms with van der Waals surface area (Å²) in [6, 6.07) is 6.63. The SMILES string of the molecule is O=C(CN1C(=O)C(=Cc2cccc(Cl)c2)SC1=S)NC1CCS(=O)(=O)C1. The van der Waals surface area contributed by atoms with E-state index in [1.165, 1.54) is 4.90 Å². The first-order valence-electron chi connectivity index (χ1n) is 7.74. The number of hydrogen-bond donors (Lipinski definition) is 1. The van der Waals surface area contributed by atoms with Crippen LogP contribution in [0, 0.1) is 0 Å². The topological polar surface area (TPSA) is 83.6 Å². The number of thiocarbonyl (C=S) groups is 1. The smallest absolute Gasteiger partial charge is 0.266 e. The standard InChI is InChI=1S/C16H15ClN2O4S3/c17-11-3-1-2-10(6-11)7-13-15(21)19(16(24)25-13)8-14(20)18-12-4-5-26(22,23)9-12/h1-3,6-7,12H,4-5,8-9H2,(H,18,20). The summed E-state index contributed by atoms with van der Waals surface area (Å²) < 4.78 is 23.2. The maximum Gasteiger partial charge on any atom is 0.266 e. The van der Waals surface area contributed by atoms with Gasteiger partial charge < -0.3 is 5.32 Å². The monoisotopic (exact) mass is 430 g/mol. The number of amides is 2. The highest BCUT2D eigenvalue weighted by Gasteiger charge is 2.35. The molecular formula is C16H15ClN2O4S3. The Bertz CT molecular complexity index is 914. The van der Waals surface area contributed by atoms with Crippen LogP contribution in [-0.4, -0.2) is 53.5 Å². The minimum atomic E-state index is -3.08. The highest BCUT2D eigenvalue weighted by molar-refractivity contribution is 8.26. The van der Waals surface area contributed by atoms with Gasteiger partial charge in [-0.1, -0.05) is 47.7 Å². The fourth-order valence-electron chi connectivity index (χ4n) is 2.71. The minimum absolute atomic E-state index is 0.0637. The Kier molecular flexibility index (Phi) is 5.71. The second-order valence-electron chi connectivity index (χ2n) is 5.99. The van der Waals surface area contributed by atoms with Gasteiger partial charge in [0.1, 0.15) is 10.9 Å². The van der Waals surface area contributed by atoms with E-state index in [2.05, 4.69) is 5.32 Å². The van der Waals surface area contributed by atoms with Crippen molar-refractivity contribution >= 4 is 67.6 Å². The molecule has 2 heterocycles. The predicted octanol–water partition coefficient (Wildman–Crippen LogP) is 1.84. The molecule has 3 rings (SSSR count). The van der Waals surface area contributed by atoms with Crippen LogP contribution < -0.4 is 5.32 Å². The highest BCUT2D eigenvalue weighted by Crippen LogP contribution is 2.32. The molecule has 0 aromatic heterocycles. The van der Waals surface area contributed by atoms with Crippen molar-refractivity contribution in [2.75, 3.05) is 18.1 Å². The van der Waals surface area contributed by atoms with Crippen LogP contribution in [0.25, 0.3) is 6.08 Å². The first-order valence-corrected chi connectivity index (χ1v) is 11.2. The Labute approximate surface area is 165 Å². The van der Waals surface area contributed by atoms with Crippen molar-refractivity contribution in [2.45, 2.75) is 12.5 Å². The Balaban J connectivity index is 1.65. The largest absolute Gasteiger partial charge is 0.351 e. The van der Waals surface area contributed by atoms with Crippen LogP contribution >= 0.6 is 35.6 Å². The van der Waals surface area contributed by atoms with Crippen LogP contribution in [-0.2, 0) is 19.4 Å². The minimum Gasteiger partial charge on any atom is -0.351 e. The molecular weight excluding hydrogens is 416 g/mol. The van der Waals surface area contributed by atoms with Gasteiger partial charge in [-0.15, -0.1) is 0 Å². The molecule has 0 spiro atoms. The molecule has 2 amide bonds. The van der Waals surface area contributed by atoms with Gasteiger partial charge in [0.05, 0.1) is 16.4 Å². The van der Waals surface area contributed by atoms with Gasteiger partial charge in [-0.25, -0.2) is 8.42 Å². The Hall–Kier alpha value is -1.42. The van der Waals surface area contributed by atoms with Gasteiger partial charge in [0.25, 0.3) is 5.91 Å². The van der Waals surface area contributed by atoms with Gasteiger partial charge >= 0.3 is 0 Å². The van der Waals surface area contributed by atoms with Gasteiger partial charge in [0.2, 0.25) is 5.91 Å². The van der Waals surface area contributed by atoms with Crippen molar-refractivity contribution in [3.63, 3.8) is 0 Å². The third-order valence-electron chi connectivity index (χ3n) is 3.92. The van der Waals surface area contributed by atoms with E-state index in [1.54, 1.807) is 24.3 Å². The van der Waals surface area contributed by atoms with E-state index in [-0.39, 0.29) is 28.3 Å². The summed E-state index contributed by atoms with van der Waals surface area (Å²) in [6.45, 7) is -0.228. The number of nitrogens with one attached hydrogen (secondary N) is 1. The molecule has 0 saturated carbocycles. The summed E-state index contributed by atoms with van der Waals surface area (Å²) in [5, 5.41) is 3.21. The lowest BCUT2D eigenvalue weighted by Crippen LogP contribution is -2.43. The molecule has 1 N–H and O–H groups in total. The maximum absolute atomic E-state index is 12.5. The average Bonchev–Trinajstić information content (AvgIpc) is 3.01. The number of halogens is 1. The fourth-order valence-corrected chi connectivity index (χ4v) is 5.84. The first kappa shape index (κ1) is 19.3. The lowest BCUT2D eigenvalue weighted by atomic mass is 10.2. The zero-order valence-corrected chi connectivity index (χ0v) is 16.7. The fraction of sp³-hybridized carbons (Fsp3) is 0.312. The van der Waals surface area contributed by atoms with Crippen LogP contribution in [0.2, 0.25) is 5.02 Å². The van der Waals surface area contributed by atoms with Crippen LogP contribution in [0.4, 0.5) is 0 Å². The number of carbonyl (C=O) groups excluding carboxylic acids is 2. The second kappa shape index (κ2) is 7.67. The number of thioether (sulfide) groups is 1. The molecule has 1 aromatic rings. The van der Waals surface area contributed by atoms with E-state index >= 15 is 0 Å².